The van der Waals surface area contributed by atoms with Crippen molar-refractivity contribution in [2.24, 2.45) is 0 Å². The summed E-state index contributed by atoms with van der Waals surface area (Å²) in [5.41, 5.74) is 1.58. The summed E-state index contributed by atoms with van der Waals surface area (Å²) >= 11 is 5.98. The van der Waals surface area contributed by atoms with Crippen LogP contribution in [0.3, 0.4) is 0 Å². The van der Waals surface area contributed by atoms with Crippen LogP contribution < -0.4 is 19.7 Å². The molecule has 0 unspecified atom stereocenters. The molecule has 26 heavy (non-hydrogen) atoms. The van der Waals surface area contributed by atoms with E-state index in [1.165, 1.54) is 14.2 Å². The van der Waals surface area contributed by atoms with E-state index in [2.05, 4.69) is 5.32 Å². The van der Waals surface area contributed by atoms with Gasteiger partial charge in [-0.2, -0.15) is 0 Å². The Kier molecular flexibility index (Phi) is 5.32. The molecule has 3 rings (SSSR count). The minimum absolute atomic E-state index is 0.0729. The Morgan fingerprint density at radius 2 is 1.88 bits per heavy atom. The molecule has 0 spiro atoms. The number of nitrogens with zero attached hydrogens (tertiary/aromatic N) is 1. The van der Waals surface area contributed by atoms with Crippen LogP contribution in [0.5, 0.6) is 11.5 Å². The predicted molar refractivity (Wildman–Crippen MR) is 101 cm³/mol. The number of carbonyl (C=O) groups excluding carboxylic acids is 2. The summed E-state index contributed by atoms with van der Waals surface area (Å²) in [5.74, 6) is 0.675. The van der Waals surface area contributed by atoms with E-state index >= 15 is 0 Å². The molecule has 0 radical (unpaired) electrons. The maximum atomic E-state index is 12.6. The van der Waals surface area contributed by atoms with Crippen molar-refractivity contribution in [3.8, 4) is 11.5 Å². The number of benzene rings is 2. The third-order valence-electron chi connectivity index (χ3n) is 4.21. The lowest BCUT2D eigenvalue weighted by atomic mass is 10.1. The molecule has 1 fully saturated rings. The first-order chi connectivity index (χ1) is 12.5. The molecular formula is C19H19ClN2O4. The lowest BCUT2D eigenvalue weighted by molar-refractivity contribution is -0.117. The summed E-state index contributed by atoms with van der Waals surface area (Å²) in [6.45, 7) is 0.667. The van der Waals surface area contributed by atoms with Crippen LogP contribution in [-0.4, -0.2) is 32.6 Å². The van der Waals surface area contributed by atoms with Gasteiger partial charge in [-0.15, -0.1) is 0 Å². The fourth-order valence-electron chi connectivity index (χ4n) is 2.94. The molecule has 0 bridgehead atoms. The van der Waals surface area contributed by atoms with Crippen molar-refractivity contribution in [1.82, 2.24) is 0 Å². The van der Waals surface area contributed by atoms with E-state index in [4.69, 9.17) is 21.1 Å². The number of halogens is 1. The summed E-state index contributed by atoms with van der Waals surface area (Å²) in [4.78, 5) is 26.2. The number of nitrogens with one attached hydrogen (secondary N) is 1. The molecule has 0 aromatic heterocycles. The van der Waals surface area contributed by atoms with Gasteiger partial charge < -0.3 is 19.7 Å². The number of anilines is 2. The largest absolute Gasteiger partial charge is 0.496 e. The van der Waals surface area contributed by atoms with E-state index < -0.39 is 0 Å². The number of hydrogen-bond acceptors (Lipinski definition) is 4. The van der Waals surface area contributed by atoms with Gasteiger partial charge in [0.05, 0.1) is 25.5 Å². The molecule has 2 amide bonds. The molecule has 1 saturated heterocycles. The first-order valence-electron chi connectivity index (χ1n) is 8.17. The van der Waals surface area contributed by atoms with Crippen LogP contribution in [0.25, 0.3) is 0 Å². The summed E-state index contributed by atoms with van der Waals surface area (Å²) in [7, 11) is 3.02. The Balaban J connectivity index is 1.85. The number of rotatable bonds is 5. The fourth-order valence-corrected chi connectivity index (χ4v) is 3.11. The Morgan fingerprint density at radius 3 is 2.54 bits per heavy atom. The lowest BCUT2D eigenvalue weighted by Gasteiger charge is -2.20. The average molecular weight is 375 g/mol. The van der Waals surface area contributed by atoms with Crippen LogP contribution in [0.2, 0.25) is 5.02 Å². The molecule has 2 aromatic carbocycles. The Bertz CT molecular complexity index is 853. The highest BCUT2D eigenvalue weighted by Crippen LogP contribution is 2.34. The zero-order valence-electron chi connectivity index (χ0n) is 14.5. The van der Waals surface area contributed by atoms with E-state index in [0.29, 0.717) is 46.4 Å². The summed E-state index contributed by atoms with van der Waals surface area (Å²) in [6, 6.07) is 10.0. The predicted octanol–water partition coefficient (Wildman–Crippen LogP) is 3.74. The lowest BCUT2D eigenvalue weighted by Crippen LogP contribution is -2.24. The normalized spacial score (nSPS) is 13.7. The van der Waals surface area contributed by atoms with Gasteiger partial charge in [0.1, 0.15) is 11.5 Å². The van der Waals surface area contributed by atoms with Crippen molar-refractivity contribution in [3.05, 3.63) is 47.0 Å². The minimum Gasteiger partial charge on any atom is -0.496 e. The van der Waals surface area contributed by atoms with Crippen molar-refractivity contribution in [2.75, 3.05) is 31.0 Å². The van der Waals surface area contributed by atoms with Gasteiger partial charge in [0.25, 0.3) is 5.91 Å². The van der Waals surface area contributed by atoms with Gasteiger partial charge in [-0.25, -0.2) is 0 Å². The van der Waals surface area contributed by atoms with E-state index in [1.54, 1.807) is 41.3 Å². The number of hydrogen-bond donors (Lipinski definition) is 1. The Labute approximate surface area is 156 Å². The first kappa shape index (κ1) is 18.1. The maximum absolute atomic E-state index is 12.6. The molecule has 1 heterocycles. The highest BCUT2D eigenvalue weighted by molar-refractivity contribution is 6.31. The van der Waals surface area contributed by atoms with E-state index in [9.17, 15) is 9.59 Å². The standard InChI is InChI=1S/C19H19ClN2O4/c1-25-16-8-5-12(20)10-14(16)19(24)21-13-6-7-15(17(11-13)26-2)22-9-3-4-18(22)23/h5-8,10-11H,3-4,9H2,1-2H3,(H,21,24). The molecule has 136 valence electrons. The fraction of sp³-hybridized carbons (Fsp3) is 0.263. The van der Waals surface area contributed by atoms with Crippen LogP contribution in [0.4, 0.5) is 11.4 Å². The Morgan fingerprint density at radius 1 is 1.12 bits per heavy atom. The molecule has 0 atom stereocenters. The van der Waals surface area contributed by atoms with Crippen molar-refractivity contribution < 1.29 is 19.1 Å². The summed E-state index contributed by atoms with van der Waals surface area (Å²) in [5, 5.41) is 3.24. The second kappa shape index (κ2) is 7.66. The zero-order chi connectivity index (χ0) is 18.7. The van der Waals surface area contributed by atoms with Gasteiger partial charge in [-0.1, -0.05) is 11.6 Å². The molecule has 1 aliphatic heterocycles. The summed E-state index contributed by atoms with van der Waals surface area (Å²) in [6.07, 6.45) is 1.37. The quantitative estimate of drug-likeness (QED) is 0.865. The van der Waals surface area contributed by atoms with Gasteiger partial charge in [0.2, 0.25) is 5.91 Å². The van der Waals surface area contributed by atoms with Gasteiger partial charge in [0, 0.05) is 29.7 Å². The highest BCUT2D eigenvalue weighted by Gasteiger charge is 2.24. The van der Waals surface area contributed by atoms with Crippen LogP contribution in [0.15, 0.2) is 36.4 Å². The van der Waals surface area contributed by atoms with E-state index in [1.807, 2.05) is 0 Å². The highest BCUT2D eigenvalue weighted by atomic mass is 35.5. The van der Waals surface area contributed by atoms with Crippen molar-refractivity contribution in [2.45, 2.75) is 12.8 Å². The van der Waals surface area contributed by atoms with E-state index in [0.717, 1.165) is 6.42 Å². The average Bonchev–Trinajstić information content (AvgIpc) is 3.07. The molecular weight excluding hydrogens is 356 g/mol. The van der Waals surface area contributed by atoms with Gasteiger partial charge in [-0.3, -0.25) is 9.59 Å². The number of methoxy groups -OCH3 is 2. The van der Waals surface area contributed by atoms with E-state index in [-0.39, 0.29) is 11.8 Å². The SMILES string of the molecule is COc1ccc(Cl)cc1C(=O)Nc1ccc(N2CCCC2=O)c(OC)c1. The van der Waals surface area contributed by atoms with Crippen LogP contribution in [0.1, 0.15) is 23.2 Å². The third kappa shape index (κ3) is 3.60. The van der Waals surface area contributed by atoms with Crippen molar-refractivity contribution >= 4 is 34.8 Å². The van der Waals surface area contributed by atoms with Crippen LogP contribution >= 0.6 is 11.6 Å². The molecule has 2 aromatic rings. The molecule has 0 aliphatic carbocycles. The second-order valence-corrected chi connectivity index (χ2v) is 6.27. The van der Waals surface area contributed by atoms with Crippen LogP contribution in [0, 0.1) is 0 Å². The van der Waals surface area contributed by atoms with Gasteiger partial charge in [0.15, 0.2) is 0 Å². The topological polar surface area (TPSA) is 67.9 Å². The molecule has 7 heteroatoms. The molecule has 1 N–H and O–H groups in total. The maximum Gasteiger partial charge on any atom is 0.259 e. The van der Waals surface area contributed by atoms with Crippen molar-refractivity contribution in [3.63, 3.8) is 0 Å². The number of amides is 2. The molecule has 0 saturated carbocycles. The van der Waals surface area contributed by atoms with Gasteiger partial charge in [-0.05, 0) is 36.8 Å². The first-order valence-corrected chi connectivity index (χ1v) is 8.54. The monoisotopic (exact) mass is 374 g/mol. The minimum atomic E-state index is -0.351. The van der Waals surface area contributed by atoms with Gasteiger partial charge >= 0.3 is 0 Å². The zero-order valence-corrected chi connectivity index (χ0v) is 15.3. The molecule has 1 aliphatic rings. The third-order valence-corrected chi connectivity index (χ3v) is 4.44. The Hall–Kier alpha value is -2.73. The smallest absolute Gasteiger partial charge is 0.259 e. The number of carbonyl (C=O) groups is 2. The van der Waals surface area contributed by atoms with Crippen molar-refractivity contribution in [1.29, 1.82) is 0 Å². The second-order valence-electron chi connectivity index (χ2n) is 5.83. The van der Waals surface area contributed by atoms with Crippen LogP contribution in [-0.2, 0) is 4.79 Å². The molecule has 6 nitrogen and oxygen atoms in total. The summed E-state index contributed by atoms with van der Waals surface area (Å²) < 4.78 is 10.6. The number of ether oxygens (including phenoxy) is 2.